The Morgan fingerprint density at radius 3 is 2.61 bits per heavy atom. The molecule has 7 heteroatoms. The van der Waals surface area contributed by atoms with Crippen LogP contribution in [0.4, 0.5) is 4.39 Å². The first kappa shape index (κ1) is 20.5. The van der Waals surface area contributed by atoms with Gasteiger partial charge in [-0.3, -0.25) is 14.6 Å². The molecule has 4 rings (SSSR count). The van der Waals surface area contributed by atoms with Crippen LogP contribution in [0.5, 0.6) is 5.75 Å². The third-order valence-electron chi connectivity index (χ3n) is 5.36. The van der Waals surface area contributed by atoms with E-state index in [9.17, 15) is 14.0 Å². The Morgan fingerprint density at radius 1 is 1.10 bits per heavy atom. The minimum atomic E-state index is -0.477. The van der Waals surface area contributed by atoms with Crippen LogP contribution < -0.4 is 10.5 Å². The van der Waals surface area contributed by atoms with Gasteiger partial charge in [0.1, 0.15) is 11.6 Å². The predicted molar refractivity (Wildman–Crippen MR) is 114 cm³/mol. The molecular formula is C24H22FN3O3. The molecule has 2 heterocycles. The van der Waals surface area contributed by atoms with E-state index in [0.29, 0.717) is 17.9 Å². The standard InChI is InChI=1S/C24H22FN3O3/c25-19-7-9-20(10-8-19)31-15-23(29)28-12-2-5-22(28)21-11-6-18(14-27-21)16-3-1-4-17(13-16)24(26)30/h1,3-4,6-11,13-14,22H,2,5,12,15H2,(H2,26,30)/t22-/m1/s1. The van der Waals surface area contributed by atoms with Crippen LogP contribution in [0.1, 0.15) is 34.9 Å². The van der Waals surface area contributed by atoms with Gasteiger partial charge in [-0.25, -0.2) is 4.39 Å². The second-order valence-electron chi connectivity index (χ2n) is 7.40. The lowest BCUT2D eigenvalue weighted by Crippen LogP contribution is -2.34. The van der Waals surface area contributed by atoms with Crippen LogP contribution in [0.15, 0.2) is 66.9 Å². The van der Waals surface area contributed by atoms with Crippen molar-refractivity contribution in [1.82, 2.24) is 9.88 Å². The topological polar surface area (TPSA) is 85.5 Å². The van der Waals surface area contributed by atoms with Gasteiger partial charge in [0.15, 0.2) is 6.61 Å². The molecule has 1 saturated heterocycles. The average molecular weight is 419 g/mol. The van der Waals surface area contributed by atoms with Crippen molar-refractivity contribution >= 4 is 11.8 Å². The number of amides is 2. The number of likely N-dealkylation sites (tertiary alicyclic amines) is 1. The van der Waals surface area contributed by atoms with Crippen LogP contribution in [0.2, 0.25) is 0 Å². The zero-order valence-electron chi connectivity index (χ0n) is 16.8. The van der Waals surface area contributed by atoms with Gasteiger partial charge in [-0.15, -0.1) is 0 Å². The smallest absolute Gasteiger partial charge is 0.261 e. The SMILES string of the molecule is NC(=O)c1cccc(-c2ccc([C@H]3CCCN3C(=O)COc3ccc(F)cc3)nc2)c1. The highest BCUT2D eigenvalue weighted by molar-refractivity contribution is 5.94. The molecule has 0 spiro atoms. The summed E-state index contributed by atoms with van der Waals surface area (Å²) in [5.74, 6) is -0.512. The lowest BCUT2D eigenvalue weighted by Gasteiger charge is -2.24. The zero-order chi connectivity index (χ0) is 21.8. The van der Waals surface area contributed by atoms with Crippen molar-refractivity contribution in [1.29, 1.82) is 0 Å². The molecule has 0 saturated carbocycles. The number of carbonyl (C=O) groups is 2. The van der Waals surface area contributed by atoms with Gasteiger partial charge < -0.3 is 15.4 Å². The Labute approximate surface area is 179 Å². The molecule has 1 fully saturated rings. The highest BCUT2D eigenvalue weighted by Gasteiger charge is 2.31. The Morgan fingerprint density at radius 2 is 1.90 bits per heavy atom. The van der Waals surface area contributed by atoms with Gasteiger partial charge in [-0.05, 0) is 60.9 Å². The fraction of sp³-hybridized carbons (Fsp3) is 0.208. The second kappa shape index (κ2) is 8.95. The fourth-order valence-electron chi connectivity index (χ4n) is 3.76. The summed E-state index contributed by atoms with van der Waals surface area (Å²) in [7, 11) is 0. The van der Waals surface area contributed by atoms with E-state index >= 15 is 0 Å². The van der Waals surface area contributed by atoms with Gasteiger partial charge in [0.2, 0.25) is 5.91 Å². The van der Waals surface area contributed by atoms with Crippen molar-refractivity contribution in [2.24, 2.45) is 5.73 Å². The Bertz CT molecular complexity index is 1080. The quantitative estimate of drug-likeness (QED) is 0.660. The van der Waals surface area contributed by atoms with E-state index in [4.69, 9.17) is 10.5 Å². The number of ether oxygens (including phenoxy) is 1. The van der Waals surface area contributed by atoms with Gasteiger partial charge in [0.05, 0.1) is 11.7 Å². The van der Waals surface area contributed by atoms with E-state index in [-0.39, 0.29) is 24.4 Å². The molecule has 1 aliphatic rings. The summed E-state index contributed by atoms with van der Waals surface area (Å²) in [5, 5.41) is 0. The van der Waals surface area contributed by atoms with E-state index in [0.717, 1.165) is 29.7 Å². The number of carbonyl (C=O) groups excluding carboxylic acids is 2. The maximum atomic E-state index is 13.0. The number of halogens is 1. The predicted octanol–water partition coefficient (Wildman–Crippen LogP) is 3.73. The van der Waals surface area contributed by atoms with Crippen LogP contribution in [-0.4, -0.2) is 34.8 Å². The van der Waals surface area contributed by atoms with Gasteiger partial charge >= 0.3 is 0 Å². The number of nitrogens with zero attached hydrogens (tertiary/aromatic N) is 2. The molecule has 3 aromatic rings. The molecule has 2 aromatic carbocycles. The van der Waals surface area contributed by atoms with Crippen molar-refractivity contribution in [2.75, 3.05) is 13.2 Å². The maximum absolute atomic E-state index is 13.0. The lowest BCUT2D eigenvalue weighted by atomic mass is 10.0. The molecule has 31 heavy (non-hydrogen) atoms. The van der Waals surface area contributed by atoms with Crippen molar-refractivity contribution in [3.05, 3.63) is 83.9 Å². The molecule has 0 bridgehead atoms. The zero-order valence-corrected chi connectivity index (χ0v) is 16.8. The molecule has 1 aliphatic heterocycles. The van der Waals surface area contributed by atoms with Gasteiger partial charge in [0.25, 0.3) is 5.91 Å². The summed E-state index contributed by atoms with van der Waals surface area (Å²) >= 11 is 0. The summed E-state index contributed by atoms with van der Waals surface area (Å²) in [6.45, 7) is 0.528. The van der Waals surface area contributed by atoms with Crippen molar-refractivity contribution in [3.8, 4) is 16.9 Å². The average Bonchev–Trinajstić information content (AvgIpc) is 3.29. The highest BCUT2D eigenvalue weighted by atomic mass is 19.1. The lowest BCUT2D eigenvalue weighted by molar-refractivity contribution is -0.134. The van der Waals surface area contributed by atoms with E-state index in [1.807, 2.05) is 18.2 Å². The number of primary amides is 1. The third kappa shape index (κ3) is 4.71. The molecule has 0 radical (unpaired) electrons. The summed E-state index contributed by atoms with van der Waals surface area (Å²) in [4.78, 5) is 30.5. The first-order valence-electron chi connectivity index (χ1n) is 10.1. The molecule has 0 aliphatic carbocycles. The number of pyridine rings is 1. The normalized spacial score (nSPS) is 15.6. The van der Waals surface area contributed by atoms with Gasteiger partial charge in [0, 0.05) is 23.9 Å². The van der Waals surface area contributed by atoms with E-state index < -0.39 is 5.91 Å². The molecular weight excluding hydrogens is 397 g/mol. The van der Waals surface area contributed by atoms with Gasteiger partial charge in [-0.2, -0.15) is 0 Å². The molecule has 1 aromatic heterocycles. The number of hydrogen-bond donors (Lipinski definition) is 1. The maximum Gasteiger partial charge on any atom is 0.261 e. The minimum Gasteiger partial charge on any atom is -0.484 e. The number of nitrogens with two attached hydrogens (primary N) is 1. The van der Waals surface area contributed by atoms with Crippen LogP contribution in [-0.2, 0) is 4.79 Å². The molecule has 2 N–H and O–H groups in total. The number of aromatic nitrogens is 1. The third-order valence-corrected chi connectivity index (χ3v) is 5.36. The molecule has 2 amide bonds. The molecule has 1 atom stereocenters. The van der Waals surface area contributed by atoms with Crippen molar-refractivity contribution in [2.45, 2.75) is 18.9 Å². The largest absolute Gasteiger partial charge is 0.484 e. The molecule has 0 unspecified atom stereocenters. The number of benzene rings is 2. The summed E-state index contributed by atoms with van der Waals surface area (Å²) in [5.41, 5.74) is 8.32. The number of rotatable bonds is 6. The van der Waals surface area contributed by atoms with Crippen LogP contribution >= 0.6 is 0 Å². The van der Waals surface area contributed by atoms with E-state index in [2.05, 4.69) is 4.98 Å². The Balaban J connectivity index is 1.44. The minimum absolute atomic E-state index is 0.111. The van der Waals surface area contributed by atoms with Gasteiger partial charge in [-0.1, -0.05) is 18.2 Å². The molecule has 158 valence electrons. The van der Waals surface area contributed by atoms with Crippen LogP contribution in [0.3, 0.4) is 0 Å². The Kier molecular flexibility index (Phi) is 5.93. The molecule has 6 nitrogen and oxygen atoms in total. The van der Waals surface area contributed by atoms with E-state index in [1.165, 1.54) is 24.3 Å². The fourth-order valence-corrected chi connectivity index (χ4v) is 3.76. The van der Waals surface area contributed by atoms with Crippen LogP contribution in [0.25, 0.3) is 11.1 Å². The van der Waals surface area contributed by atoms with Crippen molar-refractivity contribution in [3.63, 3.8) is 0 Å². The first-order chi connectivity index (χ1) is 15.0. The summed E-state index contributed by atoms with van der Waals surface area (Å²) in [6, 6.07) is 16.4. The second-order valence-corrected chi connectivity index (χ2v) is 7.40. The van der Waals surface area contributed by atoms with E-state index in [1.54, 1.807) is 29.3 Å². The summed E-state index contributed by atoms with van der Waals surface area (Å²) in [6.07, 6.45) is 3.45. The van der Waals surface area contributed by atoms with Crippen LogP contribution in [0, 0.1) is 5.82 Å². The number of hydrogen-bond acceptors (Lipinski definition) is 4. The summed E-state index contributed by atoms with van der Waals surface area (Å²) < 4.78 is 18.5. The monoisotopic (exact) mass is 419 g/mol. The Hall–Kier alpha value is -3.74. The highest BCUT2D eigenvalue weighted by Crippen LogP contribution is 2.32. The van der Waals surface area contributed by atoms with Crippen molar-refractivity contribution < 1.29 is 18.7 Å². The first-order valence-corrected chi connectivity index (χ1v) is 10.1.